The Morgan fingerprint density at radius 1 is 1.50 bits per heavy atom. The fourth-order valence-corrected chi connectivity index (χ4v) is 1.37. The summed E-state index contributed by atoms with van der Waals surface area (Å²) in [6, 6.07) is 5.16. The van der Waals surface area contributed by atoms with Crippen LogP contribution in [0.4, 0.5) is 0 Å². The standard InChI is InChI=1S/C12H12ClNO2/c1-9(16)14-6-2-3-10-4-5-11(8-15)12(13)7-10/h2-5,7-8H,6H2,1H3,(H,14,16). The summed E-state index contributed by atoms with van der Waals surface area (Å²) in [6.45, 7) is 1.94. The molecule has 0 bridgehead atoms. The van der Waals surface area contributed by atoms with E-state index in [0.717, 1.165) is 5.56 Å². The number of carbonyl (C=O) groups is 2. The number of amides is 1. The van der Waals surface area contributed by atoms with Crippen molar-refractivity contribution in [2.45, 2.75) is 6.92 Å². The Hall–Kier alpha value is -1.61. The molecule has 0 aliphatic rings. The Morgan fingerprint density at radius 3 is 2.81 bits per heavy atom. The van der Waals surface area contributed by atoms with E-state index in [-0.39, 0.29) is 5.91 Å². The molecule has 0 aromatic heterocycles. The van der Waals surface area contributed by atoms with Gasteiger partial charge in [-0.1, -0.05) is 29.8 Å². The van der Waals surface area contributed by atoms with Crippen LogP contribution in [0.2, 0.25) is 5.02 Å². The van der Waals surface area contributed by atoms with Gasteiger partial charge in [0.25, 0.3) is 0 Å². The van der Waals surface area contributed by atoms with Crippen molar-refractivity contribution in [1.29, 1.82) is 0 Å². The van der Waals surface area contributed by atoms with E-state index in [4.69, 9.17) is 11.6 Å². The molecule has 0 spiro atoms. The minimum atomic E-state index is -0.0704. The molecule has 84 valence electrons. The number of aldehydes is 1. The van der Waals surface area contributed by atoms with Crippen molar-refractivity contribution >= 4 is 29.9 Å². The summed E-state index contributed by atoms with van der Waals surface area (Å²) in [4.78, 5) is 21.1. The maximum atomic E-state index is 10.6. The molecular formula is C12H12ClNO2. The van der Waals surface area contributed by atoms with Gasteiger partial charge in [0, 0.05) is 19.0 Å². The van der Waals surface area contributed by atoms with E-state index in [1.54, 1.807) is 18.2 Å². The number of hydrogen-bond donors (Lipinski definition) is 1. The van der Waals surface area contributed by atoms with Gasteiger partial charge in [-0.2, -0.15) is 0 Å². The zero-order valence-electron chi connectivity index (χ0n) is 8.87. The molecule has 1 rings (SSSR count). The van der Waals surface area contributed by atoms with Crippen LogP contribution in [-0.2, 0) is 4.79 Å². The SMILES string of the molecule is CC(=O)NCC=Cc1ccc(C=O)c(Cl)c1. The Morgan fingerprint density at radius 2 is 2.25 bits per heavy atom. The van der Waals surface area contributed by atoms with E-state index in [1.807, 2.05) is 12.2 Å². The molecule has 1 N–H and O–H groups in total. The van der Waals surface area contributed by atoms with E-state index in [2.05, 4.69) is 5.32 Å². The Kier molecular flexibility index (Phi) is 4.73. The zero-order chi connectivity index (χ0) is 12.0. The molecule has 0 fully saturated rings. The fourth-order valence-electron chi connectivity index (χ4n) is 1.14. The lowest BCUT2D eigenvalue weighted by Crippen LogP contribution is -2.19. The van der Waals surface area contributed by atoms with Gasteiger partial charge in [0.15, 0.2) is 6.29 Å². The second kappa shape index (κ2) is 6.08. The molecule has 0 atom stereocenters. The van der Waals surface area contributed by atoms with Gasteiger partial charge < -0.3 is 5.32 Å². The fraction of sp³-hybridized carbons (Fsp3) is 0.167. The largest absolute Gasteiger partial charge is 0.353 e. The van der Waals surface area contributed by atoms with Gasteiger partial charge in [-0.25, -0.2) is 0 Å². The van der Waals surface area contributed by atoms with Gasteiger partial charge in [0.05, 0.1) is 5.02 Å². The van der Waals surface area contributed by atoms with Crippen molar-refractivity contribution in [3.8, 4) is 0 Å². The number of hydrogen-bond acceptors (Lipinski definition) is 2. The van der Waals surface area contributed by atoms with Gasteiger partial charge in [0.1, 0.15) is 0 Å². The molecule has 0 unspecified atom stereocenters. The van der Waals surface area contributed by atoms with Crippen LogP contribution in [0.1, 0.15) is 22.8 Å². The highest BCUT2D eigenvalue weighted by Gasteiger charge is 1.98. The van der Waals surface area contributed by atoms with Crippen LogP contribution in [0.15, 0.2) is 24.3 Å². The molecule has 3 nitrogen and oxygen atoms in total. The molecule has 1 aromatic rings. The third kappa shape index (κ3) is 3.87. The average Bonchev–Trinajstić information content (AvgIpc) is 2.24. The topological polar surface area (TPSA) is 46.2 Å². The summed E-state index contributed by atoms with van der Waals surface area (Å²) in [5.41, 5.74) is 1.36. The first-order valence-electron chi connectivity index (χ1n) is 4.79. The van der Waals surface area contributed by atoms with Crippen LogP contribution in [0, 0.1) is 0 Å². The highest BCUT2D eigenvalue weighted by molar-refractivity contribution is 6.33. The van der Waals surface area contributed by atoms with Crippen LogP contribution >= 0.6 is 11.6 Å². The Bertz CT molecular complexity index is 427. The number of halogens is 1. The Labute approximate surface area is 99.1 Å². The minimum absolute atomic E-state index is 0.0704. The van der Waals surface area contributed by atoms with Gasteiger partial charge in [0.2, 0.25) is 5.91 Å². The molecule has 1 aromatic carbocycles. The maximum absolute atomic E-state index is 10.6. The first kappa shape index (κ1) is 12.5. The molecule has 0 aliphatic carbocycles. The number of carbonyl (C=O) groups excluding carboxylic acids is 2. The van der Waals surface area contributed by atoms with Crippen LogP contribution in [0.5, 0.6) is 0 Å². The predicted octanol–water partition coefficient (Wildman–Crippen LogP) is 2.30. The monoisotopic (exact) mass is 237 g/mol. The van der Waals surface area contributed by atoms with Crippen molar-refractivity contribution in [1.82, 2.24) is 5.32 Å². The van der Waals surface area contributed by atoms with Gasteiger partial charge in [-0.3, -0.25) is 9.59 Å². The summed E-state index contributed by atoms with van der Waals surface area (Å²) in [7, 11) is 0. The summed E-state index contributed by atoms with van der Waals surface area (Å²) in [5, 5.41) is 3.07. The molecule has 16 heavy (non-hydrogen) atoms. The summed E-state index contributed by atoms with van der Waals surface area (Å²) in [6.07, 6.45) is 4.36. The smallest absolute Gasteiger partial charge is 0.217 e. The molecule has 0 aliphatic heterocycles. The molecule has 1 amide bonds. The van der Waals surface area contributed by atoms with Crippen LogP contribution in [0.3, 0.4) is 0 Å². The molecule has 0 heterocycles. The predicted molar refractivity (Wildman–Crippen MR) is 64.6 cm³/mol. The molecule has 0 saturated carbocycles. The quantitative estimate of drug-likeness (QED) is 0.817. The molecular weight excluding hydrogens is 226 g/mol. The number of benzene rings is 1. The van der Waals surface area contributed by atoms with E-state index in [9.17, 15) is 9.59 Å². The zero-order valence-corrected chi connectivity index (χ0v) is 9.62. The first-order chi connectivity index (χ1) is 7.63. The van der Waals surface area contributed by atoms with E-state index >= 15 is 0 Å². The van der Waals surface area contributed by atoms with Gasteiger partial charge in [-0.15, -0.1) is 0 Å². The van der Waals surface area contributed by atoms with Crippen LogP contribution in [-0.4, -0.2) is 18.7 Å². The van der Waals surface area contributed by atoms with Gasteiger partial charge >= 0.3 is 0 Å². The summed E-state index contributed by atoms with van der Waals surface area (Å²) < 4.78 is 0. The lowest BCUT2D eigenvalue weighted by atomic mass is 10.1. The summed E-state index contributed by atoms with van der Waals surface area (Å²) >= 11 is 5.86. The maximum Gasteiger partial charge on any atom is 0.217 e. The van der Waals surface area contributed by atoms with Crippen LogP contribution < -0.4 is 5.32 Å². The summed E-state index contributed by atoms with van der Waals surface area (Å²) in [5.74, 6) is -0.0704. The van der Waals surface area contributed by atoms with Gasteiger partial charge in [-0.05, 0) is 17.7 Å². The number of nitrogens with one attached hydrogen (secondary N) is 1. The second-order valence-electron chi connectivity index (χ2n) is 3.24. The van der Waals surface area contributed by atoms with Crippen molar-refractivity contribution in [3.05, 3.63) is 40.4 Å². The average molecular weight is 238 g/mol. The Balaban J connectivity index is 2.64. The molecule has 4 heteroatoms. The minimum Gasteiger partial charge on any atom is -0.353 e. The highest BCUT2D eigenvalue weighted by atomic mass is 35.5. The highest BCUT2D eigenvalue weighted by Crippen LogP contribution is 2.16. The van der Waals surface area contributed by atoms with Crippen LogP contribution in [0.25, 0.3) is 6.08 Å². The third-order valence-corrected chi connectivity index (χ3v) is 2.26. The van der Waals surface area contributed by atoms with E-state index in [0.29, 0.717) is 23.4 Å². The van der Waals surface area contributed by atoms with E-state index < -0.39 is 0 Å². The lowest BCUT2D eigenvalue weighted by Gasteiger charge is -1.98. The normalized spacial score (nSPS) is 10.4. The molecule has 0 radical (unpaired) electrons. The lowest BCUT2D eigenvalue weighted by molar-refractivity contribution is -0.118. The third-order valence-electron chi connectivity index (χ3n) is 1.93. The second-order valence-corrected chi connectivity index (χ2v) is 3.65. The van der Waals surface area contributed by atoms with Crippen molar-refractivity contribution in [2.24, 2.45) is 0 Å². The first-order valence-corrected chi connectivity index (χ1v) is 5.17. The van der Waals surface area contributed by atoms with Crippen molar-refractivity contribution in [2.75, 3.05) is 6.54 Å². The van der Waals surface area contributed by atoms with E-state index in [1.165, 1.54) is 6.92 Å². The molecule has 0 saturated heterocycles. The van der Waals surface area contributed by atoms with Crippen molar-refractivity contribution in [3.63, 3.8) is 0 Å². The number of rotatable bonds is 4. The van der Waals surface area contributed by atoms with Crippen molar-refractivity contribution < 1.29 is 9.59 Å².